The highest BCUT2D eigenvalue weighted by molar-refractivity contribution is 5.94. The molecule has 0 fully saturated rings. The third-order valence-corrected chi connectivity index (χ3v) is 5.37. The molecule has 0 bridgehead atoms. The number of hydrogen-bond acceptors (Lipinski definition) is 3. The molecule has 0 saturated heterocycles. The lowest BCUT2D eigenvalue weighted by Gasteiger charge is -2.23. The topological polar surface area (TPSA) is 50.5 Å². The number of fused-ring (bicyclic) bond motifs is 1. The van der Waals surface area contributed by atoms with E-state index in [-0.39, 0.29) is 11.7 Å². The van der Waals surface area contributed by atoms with Gasteiger partial charge in [-0.2, -0.15) is 5.10 Å². The largest absolute Gasteiger partial charge is 0.328 e. The van der Waals surface area contributed by atoms with Crippen LogP contribution in [0.3, 0.4) is 0 Å². The Bertz CT molecular complexity index is 1180. The van der Waals surface area contributed by atoms with E-state index in [0.29, 0.717) is 42.5 Å². The first-order valence-electron chi connectivity index (χ1n) is 9.95. The second-order valence-electron chi connectivity index (χ2n) is 7.55. The molecular weight excluding hydrogens is 405 g/mol. The molecule has 5 nitrogen and oxygen atoms in total. The minimum atomic E-state index is -0.698. The zero-order chi connectivity index (χ0) is 22.1. The predicted octanol–water partition coefficient (Wildman–Crippen LogP) is 5.06. The lowest BCUT2D eigenvalue weighted by molar-refractivity contribution is -0.129. The molecule has 0 N–H and O–H groups in total. The van der Waals surface area contributed by atoms with E-state index in [0.717, 1.165) is 17.4 Å². The van der Waals surface area contributed by atoms with Gasteiger partial charge in [0.15, 0.2) is 0 Å². The second-order valence-corrected chi connectivity index (χ2v) is 7.55. The number of carbonyl (C=O) groups is 1. The van der Waals surface area contributed by atoms with Gasteiger partial charge in [-0.15, -0.1) is 0 Å². The second kappa shape index (κ2) is 8.37. The Morgan fingerprint density at radius 2 is 1.87 bits per heavy atom. The van der Waals surface area contributed by atoms with Gasteiger partial charge >= 0.3 is 0 Å². The van der Waals surface area contributed by atoms with E-state index >= 15 is 0 Å². The highest BCUT2D eigenvalue weighted by Crippen LogP contribution is 2.31. The molecule has 2 aromatic carbocycles. The van der Waals surface area contributed by atoms with Crippen LogP contribution in [0.2, 0.25) is 0 Å². The minimum absolute atomic E-state index is 0.338. The SMILES string of the molecule is C=C(CCCn1c(C)nc2cc(F)ccc21)C(=O)N1N=CCC1c1cc(F)cc(F)c1. The van der Waals surface area contributed by atoms with Gasteiger partial charge in [0.05, 0.1) is 17.1 Å². The molecule has 1 unspecified atom stereocenters. The molecular formula is C23H21F3N4O. The number of carbonyl (C=O) groups excluding carboxylic acids is 1. The fourth-order valence-electron chi connectivity index (χ4n) is 3.88. The number of aromatic nitrogens is 2. The van der Waals surface area contributed by atoms with E-state index in [4.69, 9.17) is 0 Å². The van der Waals surface area contributed by atoms with Gasteiger partial charge in [-0.1, -0.05) is 6.58 Å². The van der Waals surface area contributed by atoms with Gasteiger partial charge in [0.1, 0.15) is 23.3 Å². The van der Waals surface area contributed by atoms with Gasteiger partial charge in [0.25, 0.3) is 5.91 Å². The molecule has 1 aromatic heterocycles. The van der Waals surface area contributed by atoms with Crippen molar-refractivity contribution >= 4 is 23.2 Å². The summed E-state index contributed by atoms with van der Waals surface area (Å²) >= 11 is 0. The summed E-state index contributed by atoms with van der Waals surface area (Å²) in [5.41, 5.74) is 2.12. The fraction of sp³-hybridized carbons (Fsp3) is 0.261. The molecule has 8 heteroatoms. The maximum atomic E-state index is 13.6. The number of imidazole rings is 1. The summed E-state index contributed by atoms with van der Waals surface area (Å²) in [6.07, 6.45) is 2.96. The first-order chi connectivity index (χ1) is 14.8. The molecule has 0 aliphatic carbocycles. The van der Waals surface area contributed by atoms with Crippen molar-refractivity contribution in [2.75, 3.05) is 0 Å². The standard InChI is InChI=1S/C23H21F3N4O/c1-14(4-3-9-29-15(2)28-20-13-17(24)5-6-22(20)29)23(31)30-21(7-8-27-30)16-10-18(25)12-19(26)11-16/h5-6,8,10-13,21H,1,3-4,7,9H2,2H3. The van der Waals surface area contributed by atoms with Crippen LogP contribution in [0.4, 0.5) is 13.2 Å². The summed E-state index contributed by atoms with van der Waals surface area (Å²) in [6.45, 7) is 6.32. The van der Waals surface area contributed by atoms with Crippen molar-refractivity contribution in [2.45, 2.75) is 38.8 Å². The normalized spacial score (nSPS) is 15.7. The number of rotatable bonds is 6. The van der Waals surface area contributed by atoms with E-state index in [2.05, 4.69) is 16.7 Å². The van der Waals surface area contributed by atoms with Crippen molar-refractivity contribution in [3.8, 4) is 0 Å². The van der Waals surface area contributed by atoms with Gasteiger partial charge in [-0.3, -0.25) is 4.79 Å². The molecule has 1 amide bonds. The molecule has 31 heavy (non-hydrogen) atoms. The Hall–Kier alpha value is -3.42. The Morgan fingerprint density at radius 1 is 1.13 bits per heavy atom. The first kappa shape index (κ1) is 20.8. The molecule has 1 aliphatic heterocycles. The van der Waals surface area contributed by atoms with Gasteiger partial charge < -0.3 is 4.57 Å². The van der Waals surface area contributed by atoms with E-state index in [1.165, 1.54) is 29.3 Å². The van der Waals surface area contributed by atoms with Crippen LogP contribution < -0.4 is 0 Å². The van der Waals surface area contributed by atoms with Crippen LogP contribution in [0.15, 0.2) is 53.7 Å². The van der Waals surface area contributed by atoms with Crippen LogP contribution in [0.5, 0.6) is 0 Å². The average Bonchev–Trinajstić information content (AvgIpc) is 3.31. The van der Waals surface area contributed by atoms with Crippen LogP contribution in [0.25, 0.3) is 11.0 Å². The van der Waals surface area contributed by atoms with Crippen molar-refractivity contribution in [3.63, 3.8) is 0 Å². The summed E-state index contributed by atoms with van der Waals surface area (Å²) < 4.78 is 42.6. The van der Waals surface area contributed by atoms with Crippen LogP contribution >= 0.6 is 0 Å². The predicted molar refractivity (Wildman–Crippen MR) is 112 cm³/mol. The number of aryl methyl sites for hydroxylation is 2. The molecule has 0 saturated carbocycles. The number of hydrazone groups is 1. The van der Waals surface area contributed by atoms with Crippen LogP contribution in [0.1, 0.15) is 36.7 Å². The number of halogens is 3. The number of benzene rings is 2. The number of hydrogen-bond donors (Lipinski definition) is 0. The van der Waals surface area contributed by atoms with Crippen molar-refractivity contribution in [1.29, 1.82) is 0 Å². The zero-order valence-electron chi connectivity index (χ0n) is 17.0. The van der Waals surface area contributed by atoms with E-state index < -0.39 is 17.7 Å². The third-order valence-electron chi connectivity index (χ3n) is 5.37. The van der Waals surface area contributed by atoms with Gasteiger partial charge in [-0.05, 0) is 49.6 Å². The third kappa shape index (κ3) is 4.23. The monoisotopic (exact) mass is 426 g/mol. The fourth-order valence-corrected chi connectivity index (χ4v) is 3.88. The van der Waals surface area contributed by atoms with E-state index in [1.807, 2.05) is 11.5 Å². The summed E-state index contributed by atoms with van der Waals surface area (Å²) in [5, 5.41) is 5.33. The molecule has 0 spiro atoms. The average molecular weight is 426 g/mol. The smallest absolute Gasteiger partial charge is 0.269 e. The number of nitrogens with zero attached hydrogens (tertiary/aromatic N) is 4. The molecule has 2 heterocycles. The Morgan fingerprint density at radius 3 is 2.61 bits per heavy atom. The van der Waals surface area contributed by atoms with Crippen LogP contribution in [-0.2, 0) is 11.3 Å². The quantitative estimate of drug-likeness (QED) is 0.518. The summed E-state index contributed by atoms with van der Waals surface area (Å²) in [4.78, 5) is 17.2. The van der Waals surface area contributed by atoms with Crippen LogP contribution in [-0.4, -0.2) is 26.7 Å². The van der Waals surface area contributed by atoms with Crippen molar-refractivity contribution in [1.82, 2.24) is 14.6 Å². The molecule has 1 aliphatic rings. The van der Waals surface area contributed by atoms with Crippen molar-refractivity contribution in [3.05, 3.63) is 77.4 Å². The highest BCUT2D eigenvalue weighted by atomic mass is 19.1. The first-order valence-corrected chi connectivity index (χ1v) is 9.95. The molecule has 160 valence electrons. The lowest BCUT2D eigenvalue weighted by Crippen LogP contribution is -2.28. The highest BCUT2D eigenvalue weighted by Gasteiger charge is 2.30. The summed E-state index contributed by atoms with van der Waals surface area (Å²) in [7, 11) is 0. The molecule has 1 atom stereocenters. The molecule has 0 radical (unpaired) electrons. The van der Waals surface area contributed by atoms with Crippen molar-refractivity contribution in [2.24, 2.45) is 5.10 Å². The van der Waals surface area contributed by atoms with Gasteiger partial charge in [0, 0.05) is 36.9 Å². The Labute approximate surface area is 177 Å². The van der Waals surface area contributed by atoms with Crippen molar-refractivity contribution < 1.29 is 18.0 Å². The summed E-state index contributed by atoms with van der Waals surface area (Å²) in [6, 6.07) is 7.12. The minimum Gasteiger partial charge on any atom is -0.328 e. The van der Waals surface area contributed by atoms with E-state index in [9.17, 15) is 18.0 Å². The number of amides is 1. The molecule has 3 aromatic rings. The summed E-state index contributed by atoms with van der Waals surface area (Å²) in [5.74, 6) is -1.35. The Kier molecular flexibility index (Phi) is 5.63. The Balaban J connectivity index is 1.41. The molecule has 4 rings (SSSR count). The lowest BCUT2D eigenvalue weighted by atomic mass is 10.0. The van der Waals surface area contributed by atoms with Crippen LogP contribution in [0, 0.1) is 24.4 Å². The maximum Gasteiger partial charge on any atom is 0.269 e. The van der Waals surface area contributed by atoms with E-state index in [1.54, 1.807) is 12.3 Å². The van der Waals surface area contributed by atoms with Gasteiger partial charge in [0.2, 0.25) is 0 Å². The maximum absolute atomic E-state index is 13.6. The zero-order valence-corrected chi connectivity index (χ0v) is 17.0. The van der Waals surface area contributed by atoms with Gasteiger partial charge in [-0.25, -0.2) is 23.2 Å².